The first kappa shape index (κ1) is 25.7. The van der Waals surface area contributed by atoms with Crippen LogP contribution in [0.1, 0.15) is 77.0 Å². The summed E-state index contributed by atoms with van der Waals surface area (Å²) in [5, 5.41) is 10.1. The van der Waals surface area contributed by atoms with E-state index < -0.39 is 6.09 Å². The number of nitrogens with zero attached hydrogens (tertiary/aromatic N) is 3. The number of amides is 1. The number of hydrogen-bond acceptors (Lipinski definition) is 5. The number of hydrogen-bond donors (Lipinski definition) is 1. The van der Waals surface area contributed by atoms with Crippen molar-refractivity contribution in [2.75, 3.05) is 30.8 Å². The Morgan fingerprint density at radius 1 is 1.03 bits per heavy atom. The lowest BCUT2D eigenvalue weighted by molar-refractivity contribution is 0.117. The molecule has 2 bridgehead atoms. The van der Waals surface area contributed by atoms with E-state index in [1.165, 1.54) is 44.9 Å². The van der Waals surface area contributed by atoms with Gasteiger partial charge >= 0.3 is 6.09 Å². The standard InChI is InChI=1S/C26H38BrN3O3S/c1-34-21-15-22(27)24-23(16-21)28-25(33-24)29-17-19-11-8-6-4-2-3-5-7-9-14-30(26(31)32)20(18-29)13-10-12-19/h15-16,19-20H,2-14,17-18H2,1H3,(H,31,32). The zero-order chi connectivity index (χ0) is 23.9. The zero-order valence-electron chi connectivity index (χ0n) is 20.3. The molecule has 2 atom stereocenters. The van der Waals surface area contributed by atoms with E-state index >= 15 is 0 Å². The van der Waals surface area contributed by atoms with Gasteiger partial charge in [-0.2, -0.15) is 4.98 Å². The molecule has 1 amide bonds. The largest absolute Gasteiger partial charge is 0.465 e. The fourth-order valence-corrected chi connectivity index (χ4v) is 6.68. The summed E-state index contributed by atoms with van der Waals surface area (Å²) >= 11 is 5.34. The van der Waals surface area contributed by atoms with Crippen molar-refractivity contribution < 1.29 is 14.3 Å². The summed E-state index contributed by atoms with van der Waals surface area (Å²) in [5.41, 5.74) is 1.61. The second-order valence-electron chi connectivity index (χ2n) is 9.90. The van der Waals surface area contributed by atoms with Crippen LogP contribution in [0.2, 0.25) is 0 Å². The number of carboxylic acid groups (broad SMARTS) is 1. The summed E-state index contributed by atoms with van der Waals surface area (Å²) in [4.78, 5) is 22.2. The molecule has 1 aromatic carbocycles. The average molecular weight is 553 g/mol. The highest BCUT2D eigenvalue weighted by molar-refractivity contribution is 9.10. The number of halogens is 1. The van der Waals surface area contributed by atoms with Gasteiger partial charge in [-0.15, -0.1) is 11.8 Å². The molecule has 6 nitrogen and oxygen atoms in total. The predicted octanol–water partition coefficient (Wildman–Crippen LogP) is 7.79. The molecule has 3 aliphatic heterocycles. The number of anilines is 1. The van der Waals surface area contributed by atoms with Crippen molar-refractivity contribution >= 4 is 50.9 Å². The van der Waals surface area contributed by atoms with E-state index in [4.69, 9.17) is 9.40 Å². The molecular formula is C26H38BrN3O3S. The van der Waals surface area contributed by atoms with Crippen LogP contribution < -0.4 is 4.90 Å². The quantitative estimate of drug-likeness (QED) is 0.384. The van der Waals surface area contributed by atoms with E-state index in [0.29, 0.717) is 25.0 Å². The van der Waals surface area contributed by atoms with Crippen molar-refractivity contribution in [2.24, 2.45) is 5.92 Å². The Labute approximate surface area is 216 Å². The van der Waals surface area contributed by atoms with Gasteiger partial charge in [-0.3, -0.25) is 0 Å². The molecule has 1 aromatic heterocycles. The Kier molecular flexibility index (Phi) is 9.46. The van der Waals surface area contributed by atoms with Crippen LogP contribution in [0.25, 0.3) is 11.1 Å². The van der Waals surface area contributed by atoms with E-state index in [1.807, 2.05) is 0 Å². The van der Waals surface area contributed by atoms with E-state index in [-0.39, 0.29) is 6.04 Å². The van der Waals surface area contributed by atoms with Crippen LogP contribution in [-0.4, -0.2) is 53.0 Å². The molecule has 34 heavy (non-hydrogen) atoms. The number of thioether (sulfide) groups is 1. The fourth-order valence-electron chi connectivity index (χ4n) is 5.53. The Hall–Kier alpha value is -1.41. The van der Waals surface area contributed by atoms with E-state index in [0.717, 1.165) is 59.1 Å². The van der Waals surface area contributed by atoms with Crippen molar-refractivity contribution in [1.82, 2.24) is 9.88 Å². The molecule has 3 fully saturated rings. The molecule has 3 aliphatic rings. The number of oxazole rings is 1. The van der Waals surface area contributed by atoms with Gasteiger partial charge < -0.3 is 19.3 Å². The number of carbonyl (C=O) groups is 1. The Morgan fingerprint density at radius 3 is 2.47 bits per heavy atom. The highest BCUT2D eigenvalue weighted by atomic mass is 79.9. The summed E-state index contributed by atoms with van der Waals surface area (Å²) in [5.74, 6) is 0.590. The average Bonchev–Trinajstić information content (AvgIpc) is 3.22. The number of rotatable bonds is 2. The molecule has 188 valence electrons. The van der Waals surface area contributed by atoms with Crippen LogP contribution in [-0.2, 0) is 0 Å². The molecule has 1 N–H and O–H groups in total. The smallest absolute Gasteiger partial charge is 0.407 e. The molecule has 4 heterocycles. The Bertz CT molecular complexity index is 953. The van der Waals surface area contributed by atoms with Crippen LogP contribution >= 0.6 is 27.7 Å². The summed E-state index contributed by atoms with van der Waals surface area (Å²) in [6, 6.07) is 4.72. The maximum atomic E-state index is 12.3. The molecule has 3 saturated heterocycles. The minimum absolute atomic E-state index is 0.0356. The van der Waals surface area contributed by atoms with Crippen molar-refractivity contribution in [3.8, 4) is 0 Å². The Morgan fingerprint density at radius 2 is 1.74 bits per heavy atom. The summed E-state index contributed by atoms with van der Waals surface area (Å²) in [6.45, 7) is 2.14. The van der Waals surface area contributed by atoms with Gasteiger partial charge in [-0.1, -0.05) is 51.4 Å². The Balaban J connectivity index is 1.63. The second kappa shape index (κ2) is 12.5. The van der Waals surface area contributed by atoms with Gasteiger partial charge in [-0.05, 0) is 65.9 Å². The first-order valence-electron chi connectivity index (χ1n) is 12.9. The predicted molar refractivity (Wildman–Crippen MR) is 143 cm³/mol. The maximum Gasteiger partial charge on any atom is 0.407 e. The number of fused-ring (bicyclic) bond motifs is 15. The lowest BCUT2D eigenvalue weighted by Gasteiger charge is -2.37. The zero-order valence-corrected chi connectivity index (χ0v) is 22.7. The van der Waals surface area contributed by atoms with Gasteiger partial charge in [0.05, 0.1) is 10.5 Å². The first-order chi connectivity index (χ1) is 16.5. The van der Waals surface area contributed by atoms with E-state index in [2.05, 4.69) is 39.2 Å². The third-order valence-corrected chi connectivity index (χ3v) is 8.72. The molecule has 8 heteroatoms. The monoisotopic (exact) mass is 551 g/mol. The van der Waals surface area contributed by atoms with Crippen LogP contribution in [0.5, 0.6) is 0 Å². The highest BCUT2D eigenvalue weighted by Crippen LogP contribution is 2.34. The topological polar surface area (TPSA) is 69.8 Å². The van der Waals surface area contributed by atoms with Crippen LogP contribution in [0.4, 0.5) is 10.8 Å². The minimum Gasteiger partial charge on any atom is -0.465 e. The highest BCUT2D eigenvalue weighted by Gasteiger charge is 2.31. The molecule has 0 saturated carbocycles. The van der Waals surface area contributed by atoms with E-state index in [9.17, 15) is 9.90 Å². The van der Waals surface area contributed by atoms with Gasteiger partial charge in [0.25, 0.3) is 6.01 Å². The van der Waals surface area contributed by atoms with Crippen molar-refractivity contribution in [2.45, 2.75) is 88.0 Å². The summed E-state index contributed by atoms with van der Waals surface area (Å²) in [6.07, 6.45) is 15.4. The van der Waals surface area contributed by atoms with Gasteiger partial charge in [-0.25, -0.2) is 4.79 Å². The number of aromatic nitrogens is 1. The van der Waals surface area contributed by atoms with Crippen molar-refractivity contribution in [3.05, 3.63) is 16.6 Å². The molecule has 2 aromatic rings. The molecule has 5 rings (SSSR count). The third kappa shape index (κ3) is 6.62. The lowest BCUT2D eigenvalue weighted by atomic mass is 9.90. The van der Waals surface area contributed by atoms with Crippen LogP contribution in [0, 0.1) is 5.92 Å². The number of benzene rings is 1. The SMILES string of the molecule is CSc1cc(Br)c2oc(N3CC4CCCCCCCCCCN(C(=O)O)C(CCC4)C3)nc2c1. The molecular weight excluding hydrogens is 514 g/mol. The van der Waals surface area contributed by atoms with Gasteiger partial charge in [0.2, 0.25) is 0 Å². The van der Waals surface area contributed by atoms with Crippen molar-refractivity contribution in [1.29, 1.82) is 0 Å². The van der Waals surface area contributed by atoms with E-state index in [1.54, 1.807) is 16.7 Å². The van der Waals surface area contributed by atoms with Gasteiger partial charge in [0.1, 0.15) is 5.52 Å². The van der Waals surface area contributed by atoms with Gasteiger partial charge in [0.15, 0.2) is 5.58 Å². The third-order valence-electron chi connectivity index (χ3n) is 7.42. The summed E-state index contributed by atoms with van der Waals surface area (Å²) in [7, 11) is 0. The summed E-state index contributed by atoms with van der Waals surface area (Å²) < 4.78 is 7.21. The molecule has 0 aliphatic carbocycles. The first-order valence-corrected chi connectivity index (χ1v) is 15.0. The molecule has 0 radical (unpaired) electrons. The fraction of sp³-hybridized carbons (Fsp3) is 0.692. The van der Waals surface area contributed by atoms with Crippen molar-refractivity contribution in [3.63, 3.8) is 0 Å². The van der Waals surface area contributed by atoms with Crippen LogP contribution in [0.15, 0.2) is 25.9 Å². The van der Waals surface area contributed by atoms with Gasteiger partial charge in [0, 0.05) is 24.5 Å². The minimum atomic E-state index is -0.798. The van der Waals surface area contributed by atoms with Crippen LogP contribution in [0.3, 0.4) is 0 Å². The second-order valence-corrected chi connectivity index (χ2v) is 11.6. The maximum absolute atomic E-state index is 12.3. The lowest BCUT2D eigenvalue weighted by Crippen LogP contribution is -2.49. The normalized spacial score (nSPS) is 23.8. The molecule has 0 spiro atoms. The molecule has 2 unspecified atom stereocenters.